The summed E-state index contributed by atoms with van der Waals surface area (Å²) in [5, 5.41) is 3.16. The Morgan fingerprint density at radius 3 is 2.06 bits per heavy atom. The number of rotatable bonds is 3. The Kier molecular flexibility index (Phi) is 3.12. The Bertz CT molecular complexity index is 324. The van der Waals surface area contributed by atoms with Gasteiger partial charge in [0.05, 0.1) is 0 Å². The van der Waals surface area contributed by atoms with Gasteiger partial charge in [-0.25, -0.2) is 0 Å². The SMILES string of the molecule is CC(C)(CCl)NC(=O)C1C2CC3CC(C2)CC1C3. The maximum Gasteiger partial charge on any atom is 0.224 e. The lowest BCUT2D eigenvalue weighted by atomic mass is 9.51. The molecule has 0 atom stereocenters. The maximum atomic E-state index is 12.5. The van der Waals surface area contributed by atoms with E-state index in [0.717, 1.165) is 11.8 Å². The van der Waals surface area contributed by atoms with Crippen molar-refractivity contribution in [3.63, 3.8) is 0 Å². The van der Waals surface area contributed by atoms with Crippen LogP contribution >= 0.6 is 11.6 Å². The van der Waals surface area contributed by atoms with E-state index in [1.807, 2.05) is 13.8 Å². The van der Waals surface area contributed by atoms with Gasteiger partial charge in [0.25, 0.3) is 0 Å². The molecular formula is C15H24ClNO. The zero-order valence-electron chi connectivity index (χ0n) is 11.4. The van der Waals surface area contributed by atoms with Crippen LogP contribution in [0.3, 0.4) is 0 Å². The van der Waals surface area contributed by atoms with Crippen molar-refractivity contribution < 1.29 is 4.79 Å². The third kappa shape index (κ3) is 2.17. The molecule has 0 heterocycles. The van der Waals surface area contributed by atoms with Crippen LogP contribution in [0.5, 0.6) is 0 Å². The molecule has 1 amide bonds. The van der Waals surface area contributed by atoms with Gasteiger partial charge < -0.3 is 5.32 Å². The summed E-state index contributed by atoms with van der Waals surface area (Å²) in [7, 11) is 0. The van der Waals surface area contributed by atoms with Crippen LogP contribution in [0.15, 0.2) is 0 Å². The molecule has 2 nitrogen and oxygen atoms in total. The summed E-state index contributed by atoms with van der Waals surface area (Å²) < 4.78 is 0. The highest BCUT2D eigenvalue weighted by Crippen LogP contribution is 2.56. The van der Waals surface area contributed by atoms with Gasteiger partial charge in [0.15, 0.2) is 0 Å². The van der Waals surface area contributed by atoms with Gasteiger partial charge in [-0.3, -0.25) is 4.79 Å². The minimum Gasteiger partial charge on any atom is -0.350 e. The van der Waals surface area contributed by atoms with Gasteiger partial charge in [-0.15, -0.1) is 11.6 Å². The van der Waals surface area contributed by atoms with Crippen LogP contribution in [0.25, 0.3) is 0 Å². The number of nitrogens with one attached hydrogen (secondary N) is 1. The smallest absolute Gasteiger partial charge is 0.224 e. The lowest BCUT2D eigenvalue weighted by Crippen LogP contribution is -2.55. The van der Waals surface area contributed by atoms with Crippen molar-refractivity contribution in [2.75, 3.05) is 5.88 Å². The van der Waals surface area contributed by atoms with Crippen LogP contribution in [0.2, 0.25) is 0 Å². The summed E-state index contributed by atoms with van der Waals surface area (Å²) in [6, 6.07) is 0. The third-order valence-corrected chi connectivity index (χ3v) is 5.99. The summed E-state index contributed by atoms with van der Waals surface area (Å²) in [4.78, 5) is 12.5. The van der Waals surface area contributed by atoms with Crippen molar-refractivity contribution in [2.45, 2.75) is 51.5 Å². The number of halogens is 1. The molecule has 18 heavy (non-hydrogen) atoms. The minimum absolute atomic E-state index is 0.271. The Labute approximate surface area is 115 Å². The second-order valence-electron chi connectivity index (χ2n) is 7.46. The summed E-state index contributed by atoms with van der Waals surface area (Å²) in [5.41, 5.74) is -0.271. The van der Waals surface area contributed by atoms with E-state index in [9.17, 15) is 4.79 Å². The largest absolute Gasteiger partial charge is 0.350 e. The lowest BCUT2D eigenvalue weighted by molar-refractivity contribution is -0.139. The Morgan fingerprint density at radius 1 is 1.11 bits per heavy atom. The molecule has 102 valence electrons. The predicted octanol–water partition coefficient (Wildman–Crippen LogP) is 3.19. The zero-order valence-corrected chi connectivity index (χ0v) is 12.2. The zero-order chi connectivity index (χ0) is 12.9. The molecule has 0 aromatic carbocycles. The Hall–Kier alpha value is -0.240. The summed E-state index contributed by atoms with van der Waals surface area (Å²) in [5.74, 6) is 4.20. The van der Waals surface area contributed by atoms with E-state index in [4.69, 9.17) is 11.6 Å². The summed E-state index contributed by atoms with van der Waals surface area (Å²) in [6.07, 6.45) is 6.63. The van der Waals surface area contributed by atoms with E-state index in [1.54, 1.807) is 0 Å². The first kappa shape index (κ1) is 12.8. The first-order valence-electron chi connectivity index (χ1n) is 7.36. The third-order valence-electron chi connectivity index (χ3n) is 5.33. The van der Waals surface area contributed by atoms with Crippen molar-refractivity contribution >= 4 is 17.5 Å². The number of hydrogen-bond donors (Lipinski definition) is 1. The van der Waals surface area contributed by atoms with Crippen molar-refractivity contribution in [1.29, 1.82) is 0 Å². The molecule has 4 bridgehead atoms. The lowest BCUT2D eigenvalue weighted by Gasteiger charge is -2.54. The highest BCUT2D eigenvalue weighted by atomic mass is 35.5. The highest BCUT2D eigenvalue weighted by molar-refractivity contribution is 6.18. The summed E-state index contributed by atoms with van der Waals surface area (Å²) >= 11 is 5.91. The van der Waals surface area contributed by atoms with Gasteiger partial charge >= 0.3 is 0 Å². The average molecular weight is 270 g/mol. The predicted molar refractivity (Wildman–Crippen MR) is 73.5 cm³/mol. The van der Waals surface area contributed by atoms with Crippen molar-refractivity contribution in [3.05, 3.63) is 0 Å². The molecule has 0 radical (unpaired) electrons. The molecule has 0 aromatic rings. The van der Waals surface area contributed by atoms with Gasteiger partial charge in [0, 0.05) is 17.3 Å². The highest BCUT2D eigenvalue weighted by Gasteiger charge is 2.51. The van der Waals surface area contributed by atoms with Gasteiger partial charge in [0.2, 0.25) is 5.91 Å². The topological polar surface area (TPSA) is 29.1 Å². The molecule has 4 aliphatic carbocycles. The molecule has 0 unspecified atom stereocenters. The fraction of sp³-hybridized carbons (Fsp3) is 0.933. The Balaban J connectivity index is 1.71. The first-order valence-corrected chi connectivity index (χ1v) is 7.90. The second kappa shape index (κ2) is 4.40. The molecule has 4 rings (SSSR count). The van der Waals surface area contributed by atoms with Crippen molar-refractivity contribution in [2.24, 2.45) is 29.6 Å². The molecule has 0 aromatic heterocycles. The van der Waals surface area contributed by atoms with Crippen LogP contribution in [0, 0.1) is 29.6 Å². The van der Waals surface area contributed by atoms with Crippen LogP contribution in [0.4, 0.5) is 0 Å². The minimum atomic E-state index is -0.271. The standard InChI is InChI=1S/C15H24ClNO/c1-15(2,8-16)17-14(18)13-11-4-9-3-10(6-11)7-12(13)5-9/h9-13H,3-8H2,1-2H3,(H,17,18). The summed E-state index contributed by atoms with van der Waals surface area (Å²) in [6.45, 7) is 4.02. The molecule has 0 saturated heterocycles. The molecular weight excluding hydrogens is 246 g/mol. The van der Waals surface area contributed by atoms with E-state index < -0.39 is 0 Å². The van der Waals surface area contributed by atoms with E-state index in [1.165, 1.54) is 32.1 Å². The van der Waals surface area contributed by atoms with E-state index in [-0.39, 0.29) is 17.4 Å². The van der Waals surface area contributed by atoms with Crippen LogP contribution in [-0.2, 0) is 4.79 Å². The van der Waals surface area contributed by atoms with E-state index in [0.29, 0.717) is 17.7 Å². The molecule has 1 N–H and O–H groups in total. The number of alkyl halides is 1. The number of carbonyl (C=O) groups excluding carboxylic acids is 1. The molecule has 4 fully saturated rings. The van der Waals surface area contributed by atoms with Gasteiger partial charge in [0.1, 0.15) is 0 Å². The Morgan fingerprint density at radius 2 is 1.61 bits per heavy atom. The second-order valence-corrected chi connectivity index (χ2v) is 7.73. The molecule has 4 saturated carbocycles. The normalized spacial score (nSPS) is 42.1. The number of carbonyl (C=O) groups is 1. The van der Waals surface area contributed by atoms with Crippen LogP contribution in [0.1, 0.15) is 46.0 Å². The molecule has 0 spiro atoms. The maximum absolute atomic E-state index is 12.5. The monoisotopic (exact) mass is 269 g/mol. The van der Waals surface area contributed by atoms with Crippen LogP contribution in [-0.4, -0.2) is 17.3 Å². The van der Waals surface area contributed by atoms with Gasteiger partial charge in [-0.2, -0.15) is 0 Å². The molecule has 4 aliphatic rings. The van der Waals surface area contributed by atoms with Crippen molar-refractivity contribution in [1.82, 2.24) is 5.32 Å². The fourth-order valence-electron chi connectivity index (χ4n) is 4.80. The van der Waals surface area contributed by atoms with Gasteiger partial charge in [-0.1, -0.05) is 0 Å². The number of amides is 1. The van der Waals surface area contributed by atoms with E-state index in [2.05, 4.69) is 5.32 Å². The number of hydrogen-bond acceptors (Lipinski definition) is 1. The fourth-order valence-corrected chi connectivity index (χ4v) is 4.87. The first-order chi connectivity index (χ1) is 8.48. The van der Waals surface area contributed by atoms with Crippen molar-refractivity contribution in [3.8, 4) is 0 Å². The van der Waals surface area contributed by atoms with Crippen LogP contribution < -0.4 is 5.32 Å². The quantitative estimate of drug-likeness (QED) is 0.784. The average Bonchev–Trinajstić information content (AvgIpc) is 2.26. The van der Waals surface area contributed by atoms with Gasteiger partial charge in [-0.05, 0) is 69.6 Å². The molecule has 3 heteroatoms. The molecule has 0 aliphatic heterocycles. The van der Waals surface area contributed by atoms with E-state index >= 15 is 0 Å².